The van der Waals surface area contributed by atoms with Crippen LogP contribution in [-0.2, 0) is 32.1 Å². The lowest BCUT2D eigenvalue weighted by Gasteiger charge is -2.32. The molecule has 1 aliphatic rings. The zero-order valence-electron chi connectivity index (χ0n) is 19.4. The molecule has 2 atom stereocenters. The molecule has 0 aliphatic carbocycles. The van der Waals surface area contributed by atoms with Crippen molar-refractivity contribution in [3.8, 4) is 0 Å². The predicted molar refractivity (Wildman–Crippen MR) is 126 cm³/mol. The molecule has 0 bridgehead atoms. The number of aromatic nitrogens is 1. The molecule has 1 aliphatic heterocycles. The van der Waals surface area contributed by atoms with Gasteiger partial charge in [0.15, 0.2) is 0 Å². The van der Waals surface area contributed by atoms with Crippen LogP contribution in [0.3, 0.4) is 0 Å². The lowest BCUT2D eigenvalue weighted by Crippen LogP contribution is -2.51. The van der Waals surface area contributed by atoms with Gasteiger partial charge < -0.3 is 25.4 Å². The molecular formula is C25H30N4O6. The van der Waals surface area contributed by atoms with Gasteiger partial charge in [-0.1, -0.05) is 30.3 Å². The lowest BCUT2D eigenvalue weighted by atomic mass is 9.91. The number of aryl methyl sites for hydroxylation is 1. The number of nitrogens with zero attached hydrogens (tertiary/aromatic N) is 2. The summed E-state index contributed by atoms with van der Waals surface area (Å²) in [7, 11) is 0. The third-order valence-electron chi connectivity index (χ3n) is 5.81. The fourth-order valence-corrected chi connectivity index (χ4v) is 3.89. The molecular weight excluding hydrogens is 452 g/mol. The minimum atomic E-state index is -1.37. The number of alkyl carbamates (subject to hydrolysis) is 1. The number of hydrogen-bond donors (Lipinski definition) is 3. The smallest absolute Gasteiger partial charge is 0.408 e. The van der Waals surface area contributed by atoms with E-state index in [0.717, 1.165) is 30.4 Å². The summed E-state index contributed by atoms with van der Waals surface area (Å²) in [5.74, 6) is -2.03. The minimum Gasteiger partial charge on any atom is -0.480 e. The molecule has 3 amide bonds. The summed E-state index contributed by atoms with van der Waals surface area (Å²) < 4.78 is 5.04. The molecule has 0 radical (unpaired) electrons. The Kier molecular flexibility index (Phi) is 9.58. The van der Waals surface area contributed by atoms with Crippen LogP contribution >= 0.6 is 0 Å². The first-order valence-electron chi connectivity index (χ1n) is 11.6. The summed E-state index contributed by atoms with van der Waals surface area (Å²) >= 11 is 0. The summed E-state index contributed by atoms with van der Waals surface area (Å²) in [6.45, 7) is -0.0211. The second-order valence-electron chi connectivity index (χ2n) is 8.39. The topological polar surface area (TPSA) is 138 Å². The number of carbonyl (C=O) groups is 4. The summed E-state index contributed by atoms with van der Waals surface area (Å²) in [5, 5.41) is 14.1. The molecule has 186 valence electrons. The van der Waals surface area contributed by atoms with Gasteiger partial charge in [0.05, 0.1) is 6.54 Å². The summed E-state index contributed by atoms with van der Waals surface area (Å²) in [6.07, 6.45) is 5.56. The van der Waals surface area contributed by atoms with Crippen LogP contribution in [0.15, 0.2) is 54.9 Å². The Morgan fingerprint density at radius 3 is 2.57 bits per heavy atom. The van der Waals surface area contributed by atoms with E-state index in [9.17, 15) is 24.3 Å². The molecule has 1 aromatic carbocycles. The first-order chi connectivity index (χ1) is 16.9. The van der Waals surface area contributed by atoms with E-state index in [1.807, 2.05) is 18.2 Å². The monoisotopic (exact) mass is 482 g/mol. The highest BCUT2D eigenvalue weighted by molar-refractivity contribution is 5.87. The number of carbonyl (C=O) groups excluding carboxylic acids is 3. The van der Waals surface area contributed by atoms with Crippen molar-refractivity contribution in [1.82, 2.24) is 20.5 Å². The number of amides is 3. The average molecular weight is 483 g/mol. The molecule has 2 aromatic rings. The largest absolute Gasteiger partial charge is 0.480 e. The Hall–Kier alpha value is -3.95. The molecule has 1 fully saturated rings. The maximum Gasteiger partial charge on any atom is 0.408 e. The van der Waals surface area contributed by atoms with Gasteiger partial charge in [-0.3, -0.25) is 14.6 Å². The fourth-order valence-electron chi connectivity index (χ4n) is 3.89. The SMILES string of the molecule is O=C(CN1CCCC(CCc2ccncc2)C1=O)NC[C@H](NC(=O)OCc1ccccc1)C(=O)O. The van der Waals surface area contributed by atoms with Crippen LogP contribution in [-0.4, -0.2) is 64.5 Å². The van der Waals surface area contributed by atoms with Gasteiger partial charge in [0, 0.05) is 31.4 Å². The van der Waals surface area contributed by atoms with Crippen molar-refractivity contribution in [1.29, 1.82) is 0 Å². The number of aliphatic carboxylic acids is 1. The Balaban J connectivity index is 1.42. The molecule has 0 spiro atoms. The van der Waals surface area contributed by atoms with Gasteiger partial charge in [-0.25, -0.2) is 9.59 Å². The van der Waals surface area contributed by atoms with Crippen molar-refractivity contribution in [3.63, 3.8) is 0 Å². The second-order valence-corrected chi connectivity index (χ2v) is 8.39. The van der Waals surface area contributed by atoms with Gasteiger partial charge in [0.1, 0.15) is 12.6 Å². The van der Waals surface area contributed by atoms with E-state index in [1.165, 1.54) is 4.90 Å². The molecule has 10 heteroatoms. The zero-order chi connectivity index (χ0) is 25.0. The third-order valence-corrected chi connectivity index (χ3v) is 5.81. The van der Waals surface area contributed by atoms with Crippen LogP contribution in [0.1, 0.15) is 30.4 Å². The van der Waals surface area contributed by atoms with Crippen molar-refractivity contribution in [2.45, 2.75) is 38.3 Å². The first-order valence-corrected chi connectivity index (χ1v) is 11.6. The molecule has 0 saturated carbocycles. The highest BCUT2D eigenvalue weighted by atomic mass is 16.5. The van der Waals surface area contributed by atoms with Gasteiger partial charge in [0.25, 0.3) is 0 Å². The number of nitrogens with one attached hydrogen (secondary N) is 2. The van der Waals surface area contributed by atoms with E-state index in [1.54, 1.807) is 36.7 Å². The Morgan fingerprint density at radius 1 is 1.11 bits per heavy atom. The van der Waals surface area contributed by atoms with Gasteiger partial charge >= 0.3 is 12.1 Å². The molecule has 3 N–H and O–H groups in total. The second kappa shape index (κ2) is 13.1. The number of carboxylic acid groups (broad SMARTS) is 1. The number of pyridine rings is 1. The van der Waals surface area contributed by atoms with Crippen LogP contribution in [0.25, 0.3) is 0 Å². The molecule has 1 aromatic heterocycles. The Bertz CT molecular complexity index is 1000. The van der Waals surface area contributed by atoms with Gasteiger partial charge in [0.2, 0.25) is 11.8 Å². The number of hydrogen-bond acceptors (Lipinski definition) is 6. The number of piperidine rings is 1. The van der Waals surface area contributed by atoms with Crippen molar-refractivity contribution in [2.75, 3.05) is 19.6 Å². The predicted octanol–water partition coefficient (Wildman–Crippen LogP) is 1.75. The van der Waals surface area contributed by atoms with Crippen LogP contribution in [0.5, 0.6) is 0 Å². The normalized spacial score (nSPS) is 16.3. The Labute approximate surface area is 203 Å². The molecule has 2 heterocycles. The molecule has 10 nitrogen and oxygen atoms in total. The van der Waals surface area contributed by atoms with E-state index in [2.05, 4.69) is 15.6 Å². The van der Waals surface area contributed by atoms with Crippen LogP contribution in [0.4, 0.5) is 4.79 Å². The highest BCUT2D eigenvalue weighted by Gasteiger charge is 2.30. The van der Waals surface area contributed by atoms with Gasteiger partial charge in [-0.05, 0) is 48.9 Å². The van der Waals surface area contributed by atoms with E-state index in [4.69, 9.17) is 4.74 Å². The summed E-state index contributed by atoms with van der Waals surface area (Å²) in [6, 6.07) is 11.4. The maximum absolute atomic E-state index is 12.8. The standard InChI is InChI=1S/C25H30N4O6/c30-22(16-29-14-4-7-20(23(29)31)9-8-18-10-12-26-13-11-18)27-15-21(24(32)33)28-25(34)35-17-19-5-2-1-3-6-19/h1-3,5-6,10-13,20-21H,4,7-9,14-17H2,(H,27,30)(H,28,34)(H,32,33)/t20?,21-/m0/s1. The number of carboxylic acids is 1. The van der Waals surface area contributed by atoms with E-state index in [-0.39, 0.29) is 31.5 Å². The van der Waals surface area contributed by atoms with Crippen LogP contribution < -0.4 is 10.6 Å². The van der Waals surface area contributed by atoms with Crippen molar-refractivity contribution in [2.24, 2.45) is 5.92 Å². The number of benzene rings is 1. The average Bonchev–Trinajstić information content (AvgIpc) is 2.87. The molecule has 3 rings (SSSR count). The molecule has 35 heavy (non-hydrogen) atoms. The highest BCUT2D eigenvalue weighted by Crippen LogP contribution is 2.22. The van der Waals surface area contributed by atoms with Gasteiger partial charge in [-0.2, -0.15) is 0 Å². The zero-order valence-corrected chi connectivity index (χ0v) is 19.4. The Morgan fingerprint density at radius 2 is 1.86 bits per heavy atom. The fraction of sp³-hybridized carbons (Fsp3) is 0.400. The van der Waals surface area contributed by atoms with Crippen molar-refractivity contribution in [3.05, 3.63) is 66.0 Å². The van der Waals surface area contributed by atoms with Gasteiger partial charge in [-0.15, -0.1) is 0 Å². The van der Waals surface area contributed by atoms with E-state index in [0.29, 0.717) is 13.0 Å². The number of likely N-dealkylation sites (tertiary alicyclic amines) is 1. The third kappa shape index (κ3) is 8.40. The van der Waals surface area contributed by atoms with Crippen LogP contribution in [0.2, 0.25) is 0 Å². The number of rotatable bonds is 11. The van der Waals surface area contributed by atoms with Crippen molar-refractivity contribution < 1.29 is 29.0 Å². The number of ether oxygens (including phenoxy) is 1. The maximum atomic E-state index is 12.8. The van der Waals surface area contributed by atoms with E-state index >= 15 is 0 Å². The summed E-state index contributed by atoms with van der Waals surface area (Å²) in [4.78, 5) is 54.2. The quantitative estimate of drug-likeness (QED) is 0.444. The summed E-state index contributed by atoms with van der Waals surface area (Å²) in [5.41, 5.74) is 1.87. The first kappa shape index (κ1) is 25.7. The lowest BCUT2D eigenvalue weighted by molar-refractivity contribution is -0.143. The van der Waals surface area contributed by atoms with Crippen LogP contribution in [0, 0.1) is 5.92 Å². The molecule has 1 saturated heterocycles. The minimum absolute atomic E-state index is 0.00916. The molecule has 1 unspecified atom stereocenters. The van der Waals surface area contributed by atoms with E-state index < -0.39 is 24.0 Å². The van der Waals surface area contributed by atoms with Crippen molar-refractivity contribution >= 4 is 23.9 Å².